The van der Waals surface area contributed by atoms with Crippen LogP contribution in [0, 0.1) is 5.92 Å². The Hall–Kier alpha value is -3.75. The van der Waals surface area contributed by atoms with Gasteiger partial charge in [0.05, 0.1) is 20.9 Å². The minimum absolute atomic E-state index is 0.0423. The Morgan fingerprint density at radius 2 is 1.60 bits per heavy atom. The molecule has 0 radical (unpaired) electrons. The van der Waals surface area contributed by atoms with Gasteiger partial charge in [-0.15, -0.1) is 0 Å². The highest BCUT2D eigenvalue weighted by Gasteiger charge is 2.54. The molecule has 5 rings (SSSR count). The summed E-state index contributed by atoms with van der Waals surface area (Å²) >= 11 is 0. The summed E-state index contributed by atoms with van der Waals surface area (Å²) in [5, 5.41) is 3.08. The quantitative estimate of drug-likeness (QED) is 0.541. The van der Waals surface area contributed by atoms with Gasteiger partial charge in [-0.25, -0.2) is 0 Å². The van der Waals surface area contributed by atoms with Gasteiger partial charge < -0.3 is 29.5 Å². The van der Waals surface area contributed by atoms with Crippen molar-refractivity contribution in [3.05, 3.63) is 54.1 Å². The number of para-hydroxylation sites is 1. The fourth-order valence-corrected chi connectivity index (χ4v) is 6.39. The van der Waals surface area contributed by atoms with Crippen molar-refractivity contribution in [2.24, 2.45) is 5.92 Å². The van der Waals surface area contributed by atoms with Gasteiger partial charge in [0, 0.05) is 37.0 Å². The van der Waals surface area contributed by atoms with Gasteiger partial charge in [0.25, 0.3) is 11.8 Å². The van der Waals surface area contributed by atoms with Gasteiger partial charge in [0.15, 0.2) is 0 Å². The maximum atomic E-state index is 14.0. The highest BCUT2D eigenvalue weighted by Crippen LogP contribution is 2.40. The second kappa shape index (κ2) is 12.2. The fraction of sp³-hybridized carbons (Fsp3) is 0.516. The lowest BCUT2D eigenvalue weighted by atomic mass is 9.85. The van der Waals surface area contributed by atoms with E-state index in [0.717, 1.165) is 18.5 Å². The molecule has 3 fully saturated rings. The molecule has 2 saturated heterocycles. The monoisotopic (exact) mass is 548 g/mol. The van der Waals surface area contributed by atoms with Crippen LogP contribution in [0.4, 0.5) is 5.69 Å². The summed E-state index contributed by atoms with van der Waals surface area (Å²) < 4.78 is 10.7. The SMILES string of the molecule is COc1cc(OC)cc(C(=O)N2CCC3(CC2)C(=O)N(CC(=O)NCC2CCCCC2)CN3c2ccccc2)c1. The van der Waals surface area contributed by atoms with E-state index >= 15 is 0 Å². The van der Waals surface area contributed by atoms with Gasteiger partial charge in [-0.2, -0.15) is 0 Å². The first-order chi connectivity index (χ1) is 19.4. The minimum Gasteiger partial charge on any atom is -0.497 e. The summed E-state index contributed by atoms with van der Waals surface area (Å²) in [7, 11) is 3.11. The second-order valence-corrected chi connectivity index (χ2v) is 11.1. The van der Waals surface area contributed by atoms with E-state index in [0.29, 0.717) is 62.1 Å². The summed E-state index contributed by atoms with van der Waals surface area (Å²) in [4.78, 5) is 45.9. The molecule has 2 aliphatic heterocycles. The zero-order valence-corrected chi connectivity index (χ0v) is 23.6. The summed E-state index contributed by atoms with van der Waals surface area (Å²) in [6.45, 7) is 1.93. The molecule has 1 spiro atoms. The third-order valence-corrected chi connectivity index (χ3v) is 8.71. The normalized spacial score (nSPS) is 19.1. The molecule has 2 aromatic rings. The molecule has 0 atom stereocenters. The highest BCUT2D eigenvalue weighted by atomic mass is 16.5. The average molecular weight is 549 g/mol. The summed E-state index contributed by atoms with van der Waals surface area (Å²) in [5.74, 6) is 1.36. The Balaban J connectivity index is 1.29. The molecule has 3 aliphatic rings. The largest absolute Gasteiger partial charge is 0.497 e. The molecule has 1 saturated carbocycles. The lowest BCUT2D eigenvalue weighted by Gasteiger charge is -2.43. The molecule has 1 aliphatic carbocycles. The number of methoxy groups -OCH3 is 2. The van der Waals surface area contributed by atoms with Crippen molar-refractivity contribution in [3.8, 4) is 11.5 Å². The highest BCUT2D eigenvalue weighted by molar-refractivity contribution is 5.98. The van der Waals surface area contributed by atoms with E-state index in [2.05, 4.69) is 10.2 Å². The van der Waals surface area contributed by atoms with Crippen LogP contribution in [0.15, 0.2) is 48.5 Å². The van der Waals surface area contributed by atoms with Crippen LogP contribution in [-0.4, -0.2) is 80.1 Å². The first kappa shape index (κ1) is 27.8. The molecule has 0 unspecified atom stereocenters. The van der Waals surface area contributed by atoms with Crippen LogP contribution in [0.1, 0.15) is 55.3 Å². The van der Waals surface area contributed by atoms with Crippen LogP contribution in [0.25, 0.3) is 0 Å². The van der Waals surface area contributed by atoms with Crippen molar-refractivity contribution in [3.63, 3.8) is 0 Å². The van der Waals surface area contributed by atoms with E-state index in [-0.39, 0.29) is 24.3 Å². The molecule has 3 amide bonds. The standard InChI is InChI=1S/C31H40N4O5/c1-39-26-17-24(18-27(19-26)40-2)29(37)33-15-13-31(14-16-33)30(38)34(22-35(31)25-11-7-4-8-12-25)21-28(36)32-20-23-9-5-3-6-10-23/h4,7-8,11-12,17-19,23H,3,5-6,9-10,13-16,20-22H2,1-2H3,(H,32,36). The Morgan fingerprint density at radius 3 is 2.23 bits per heavy atom. The molecule has 9 heteroatoms. The van der Waals surface area contributed by atoms with E-state index in [1.165, 1.54) is 19.3 Å². The van der Waals surface area contributed by atoms with E-state index in [9.17, 15) is 14.4 Å². The number of nitrogens with zero attached hydrogens (tertiary/aromatic N) is 3. The molecule has 2 aromatic carbocycles. The van der Waals surface area contributed by atoms with Crippen LogP contribution in [-0.2, 0) is 9.59 Å². The maximum absolute atomic E-state index is 14.0. The number of carbonyl (C=O) groups excluding carboxylic acids is 3. The number of carbonyl (C=O) groups is 3. The van der Waals surface area contributed by atoms with Crippen molar-refractivity contribution >= 4 is 23.4 Å². The fourth-order valence-electron chi connectivity index (χ4n) is 6.39. The smallest absolute Gasteiger partial charge is 0.254 e. The second-order valence-electron chi connectivity index (χ2n) is 11.1. The summed E-state index contributed by atoms with van der Waals surface area (Å²) in [5.41, 5.74) is 0.632. The zero-order chi connectivity index (χ0) is 28.1. The van der Waals surface area contributed by atoms with Crippen LogP contribution >= 0.6 is 0 Å². The topological polar surface area (TPSA) is 91.4 Å². The first-order valence-electron chi connectivity index (χ1n) is 14.3. The number of piperidine rings is 1. The van der Waals surface area contributed by atoms with E-state index in [4.69, 9.17) is 9.47 Å². The number of hydrogen-bond acceptors (Lipinski definition) is 6. The Bertz CT molecular complexity index is 1180. The predicted molar refractivity (Wildman–Crippen MR) is 153 cm³/mol. The van der Waals surface area contributed by atoms with E-state index < -0.39 is 5.54 Å². The molecular formula is C31H40N4O5. The van der Waals surface area contributed by atoms with Gasteiger partial charge >= 0.3 is 0 Å². The number of hydrogen-bond donors (Lipinski definition) is 1. The summed E-state index contributed by atoms with van der Waals surface area (Å²) in [6.07, 6.45) is 7.01. The van der Waals surface area contributed by atoms with Crippen LogP contribution < -0.4 is 19.7 Å². The van der Waals surface area contributed by atoms with Crippen molar-refractivity contribution < 1.29 is 23.9 Å². The number of benzene rings is 2. The van der Waals surface area contributed by atoms with Gasteiger partial charge in [0.1, 0.15) is 23.6 Å². The number of anilines is 1. The molecule has 0 bridgehead atoms. The molecule has 2 heterocycles. The van der Waals surface area contributed by atoms with Gasteiger partial charge in [-0.3, -0.25) is 14.4 Å². The lowest BCUT2D eigenvalue weighted by Crippen LogP contribution is -2.57. The van der Waals surface area contributed by atoms with Crippen LogP contribution in [0.3, 0.4) is 0 Å². The summed E-state index contributed by atoms with van der Waals surface area (Å²) in [6, 6.07) is 15.0. The van der Waals surface area contributed by atoms with Gasteiger partial charge in [-0.1, -0.05) is 37.5 Å². The third-order valence-electron chi connectivity index (χ3n) is 8.71. The van der Waals surface area contributed by atoms with Crippen molar-refractivity contribution in [1.29, 1.82) is 0 Å². The molecular weight excluding hydrogens is 508 g/mol. The molecule has 40 heavy (non-hydrogen) atoms. The lowest BCUT2D eigenvalue weighted by molar-refractivity contribution is -0.137. The minimum atomic E-state index is -0.798. The Kier molecular flexibility index (Phi) is 8.47. The van der Waals surface area contributed by atoms with E-state index in [1.807, 2.05) is 30.3 Å². The van der Waals surface area contributed by atoms with Crippen molar-refractivity contribution in [2.45, 2.75) is 50.5 Å². The zero-order valence-electron chi connectivity index (χ0n) is 23.6. The number of ether oxygens (including phenoxy) is 2. The van der Waals surface area contributed by atoms with Gasteiger partial charge in [0.2, 0.25) is 5.91 Å². The van der Waals surface area contributed by atoms with Crippen LogP contribution in [0.2, 0.25) is 0 Å². The number of likely N-dealkylation sites (tertiary alicyclic amines) is 1. The molecule has 1 N–H and O–H groups in total. The van der Waals surface area contributed by atoms with Gasteiger partial charge in [-0.05, 0) is 55.9 Å². The molecule has 9 nitrogen and oxygen atoms in total. The van der Waals surface area contributed by atoms with Crippen LogP contribution in [0.5, 0.6) is 11.5 Å². The molecule has 214 valence electrons. The number of nitrogens with one attached hydrogen (secondary N) is 1. The number of amides is 3. The number of rotatable bonds is 8. The third kappa shape index (κ3) is 5.74. The Morgan fingerprint density at radius 1 is 0.950 bits per heavy atom. The van der Waals surface area contributed by atoms with E-state index in [1.54, 1.807) is 42.2 Å². The maximum Gasteiger partial charge on any atom is 0.254 e. The first-order valence-corrected chi connectivity index (χ1v) is 14.3. The predicted octanol–water partition coefficient (Wildman–Crippen LogP) is 3.68. The molecule has 0 aromatic heterocycles. The van der Waals surface area contributed by atoms with Crippen molar-refractivity contribution in [2.75, 3.05) is 52.0 Å². The van der Waals surface area contributed by atoms with Crippen molar-refractivity contribution in [1.82, 2.24) is 15.1 Å². The average Bonchev–Trinajstić information content (AvgIpc) is 3.26. The Labute approximate surface area is 236 Å².